The van der Waals surface area contributed by atoms with Crippen LogP contribution in [0.5, 0.6) is 5.75 Å². The Bertz CT molecular complexity index is 838. The minimum atomic E-state index is -1.03. The van der Waals surface area contributed by atoms with Gasteiger partial charge >= 0.3 is 0 Å². The molecule has 0 saturated heterocycles. The summed E-state index contributed by atoms with van der Waals surface area (Å²) in [6, 6.07) is 6.51. The zero-order valence-electron chi connectivity index (χ0n) is 14.8. The molecule has 0 aliphatic rings. The number of hydrazine groups is 1. The predicted octanol–water partition coefficient (Wildman–Crippen LogP) is 2.85. The van der Waals surface area contributed by atoms with Crippen LogP contribution in [0.3, 0.4) is 0 Å². The topological polar surface area (TPSA) is 67.4 Å². The number of ether oxygens (including phenoxy) is 1. The molecule has 0 atom stereocenters. The molecule has 0 spiro atoms. The van der Waals surface area contributed by atoms with Crippen molar-refractivity contribution in [3.05, 3.63) is 64.2 Å². The van der Waals surface area contributed by atoms with E-state index in [4.69, 9.17) is 4.74 Å². The van der Waals surface area contributed by atoms with E-state index in [0.29, 0.717) is 23.3 Å². The molecule has 0 heterocycles. The van der Waals surface area contributed by atoms with Crippen molar-refractivity contribution >= 4 is 11.8 Å². The van der Waals surface area contributed by atoms with Gasteiger partial charge in [-0.1, -0.05) is 13.0 Å². The van der Waals surface area contributed by atoms with Gasteiger partial charge in [0, 0.05) is 5.56 Å². The highest BCUT2D eigenvalue weighted by Crippen LogP contribution is 2.25. The second kappa shape index (κ2) is 8.42. The lowest BCUT2D eigenvalue weighted by Gasteiger charge is -2.15. The third kappa shape index (κ3) is 4.36. The van der Waals surface area contributed by atoms with Crippen molar-refractivity contribution in [3.63, 3.8) is 0 Å². The fourth-order valence-electron chi connectivity index (χ4n) is 2.70. The van der Waals surface area contributed by atoms with Crippen LogP contribution >= 0.6 is 0 Å². The molecule has 2 aromatic carbocycles. The number of benzene rings is 2. The van der Waals surface area contributed by atoms with Gasteiger partial charge in [0.05, 0.1) is 13.5 Å². The highest BCUT2D eigenvalue weighted by molar-refractivity contribution is 5.97. The minimum absolute atomic E-state index is 0.195. The van der Waals surface area contributed by atoms with E-state index in [9.17, 15) is 18.4 Å². The second-order valence-electron chi connectivity index (χ2n) is 5.70. The molecular formula is C19H20F2N2O3. The van der Waals surface area contributed by atoms with Crippen molar-refractivity contribution in [3.8, 4) is 5.75 Å². The van der Waals surface area contributed by atoms with Crippen molar-refractivity contribution in [2.45, 2.75) is 26.7 Å². The van der Waals surface area contributed by atoms with Crippen LogP contribution in [0, 0.1) is 18.6 Å². The molecule has 5 nitrogen and oxygen atoms in total. The molecule has 0 aliphatic carbocycles. The molecule has 26 heavy (non-hydrogen) atoms. The number of rotatable bonds is 5. The molecule has 0 bridgehead atoms. The van der Waals surface area contributed by atoms with Gasteiger partial charge in [-0.2, -0.15) is 0 Å². The van der Waals surface area contributed by atoms with Crippen LogP contribution in [0.4, 0.5) is 8.78 Å². The van der Waals surface area contributed by atoms with Crippen LogP contribution in [0.25, 0.3) is 0 Å². The SMILES string of the molecule is CCc1c(C(=O)NNC(=O)Cc2ccc(F)c(F)c2)ccc(OC)c1C. The molecular weight excluding hydrogens is 342 g/mol. The molecule has 2 N–H and O–H groups in total. The number of nitrogens with one attached hydrogen (secondary N) is 2. The van der Waals surface area contributed by atoms with Crippen LogP contribution in [-0.4, -0.2) is 18.9 Å². The largest absolute Gasteiger partial charge is 0.496 e. The predicted molar refractivity (Wildman–Crippen MR) is 92.8 cm³/mol. The Labute approximate surface area is 150 Å². The number of halogens is 2. The molecule has 0 unspecified atom stereocenters. The third-order valence-corrected chi connectivity index (χ3v) is 4.03. The summed E-state index contributed by atoms with van der Waals surface area (Å²) in [5.74, 6) is -2.34. The first-order valence-electron chi connectivity index (χ1n) is 8.07. The molecule has 138 valence electrons. The normalized spacial score (nSPS) is 10.3. The Morgan fingerprint density at radius 2 is 1.81 bits per heavy atom. The monoisotopic (exact) mass is 362 g/mol. The summed E-state index contributed by atoms with van der Waals surface area (Å²) in [4.78, 5) is 24.3. The maximum Gasteiger partial charge on any atom is 0.269 e. The van der Waals surface area contributed by atoms with E-state index in [-0.39, 0.29) is 6.42 Å². The van der Waals surface area contributed by atoms with Crippen LogP contribution < -0.4 is 15.6 Å². The zero-order chi connectivity index (χ0) is 19.3. The number of carbonyl (C=O) groups excluding carboxylic acids is 2. The van der Waals surface area contributed by atoms with Gasteiger partial charge in [0.15, 0.2) is 11.6 Å². The first-order valence-corrected chi connectivity index (χ1v) is 8.07. The number of hydrogen-bond donors (Lipinski definition) is 2. The van der Waals surface area contributed by atoms with E-state index < -0.39 is 23.4 Å². The number of carbonyl (C=O) groups is 2. The Kier molecular flexibility index (Phi) is 6.27. The van der Waals surface area contributed by atoms with Gasteiger partial charge in [0.1, 0.15) is 5.75 Å². The molecule has 0 aliphatic heterocycles. The lowest BCUT2D eigenvalue weighted by molar-refractivity contribution is -0.121. The van der Waals surface area contributed by atoms with Crippen LogP contribution in [0.1, 0.15) is 34.0 Å². The fraction of sp³-hybridized carbons (Fsp3) is 0.263. The zero-order valence-corrected chi connectivity index (χ0v) is 14.8. The Hall–Kier alpha value is -2.96. The molecule has 0 aromatic heterocycles. The van der Waals surface area contributed by atoms with Crippen LogP contribution in [0.15, 0.2) is 30.3 Å². The van der Waals surface area contributed by atoms with Gasteiger partial charge in [-0.05, 0) is 54.3 Å². The van der Waals surface area contributed by atoms with Gasteiger partial charge in [-0.25, -0.2) is 8.78 Å². The highest BCUT2D eigenvalue weighted by Gasteiger charge is 2.16. The number of hydrogen-bond acceptors (Lipinski definition) is 3. The second-order valence-corrected chi connectivity index (χ2v) is 5.70. The Morgan fingerprint density at radius 3 is 2.42 bits per heavy atom. The van der Waals surface area contributed by atoms with Gasteiger partial charge in [-0.3, -0.25) is 20.4 Å². The fourth-order valence-corrected chi connectivity index (χ4v) is 2.70. The van der Waals surface area contributed by atoms with Crippen molar-refractivity contribution in [1.29, 1.82) is 0 Å². The minimum Gasteiger partial charge on any atom is -0.496 e. The standard InChI is InChI=1S/C19H20F2N2O3/c1-4-13-11(2)17(26-3)8-6-14(13)19(25)23-22-18(24)10-12-5-7-15(20)16(21)9-12/h5-9H,4,10H2,1-3H3,(H,22,24)(H,23,25). The van der Waals surface area contributed by atoms with E-state index in [1.54, 1.807) is 19.2 Å². The summed E-state index contributed by atoms with van der Waals surface area (Å²) in [5, 5.41) is 0. The summed E-state index contributed by atoms with van der Waals surface area (Å²) in [5.41, 5.74) is 7.01. The van der Waals surface area contributed by atoms with Crippen molar-refractivity contribution in [2.24, 2.45) is 0 Å². The smallest absolute Gasteiger partial charge is 0.269 e. The molecule has 2 amide bonds. The van der Waals surface area contributed by atoms with Crippen molar-refractivity contribution < 1.29 is 23.1 Å². The van der Waals surface area contributed by atoms with E-state index in [0.717, 1.165) is 23.3 Å². The van der Waals surface area contributed by atoms with Crippen LogP contribution in [0.2, 0.25) is 0 Å². The molecule has 7 heteroatoms. The summed E-state index contributed by atoms with van der Waals surface area (Å²) in [7, 11) is 1.56. The highest BCUT2D eigenvalue weighted by atomic mass is 19.2. The third-order valence-electron chi connectivity index (χ3n) is 4.03. The maximum atomic E-state index is 13.2. The Morgan fingerprint density at radius 1 is 1.08 bits per heavy atom. The molecule has 2 aromatic rings. The van der Waals surface area contributed by atoms with E-state index in [2.05, 4.69) is 10.9 Å². The van der Waals surface area contributed by atoms with Gasteiger partial charge in [-0.15, -0.1) is 0 Å². The van der Waals surface area contributed by atoms with Gasteiger partial charge < -0.3 is 4.74 Å². The summed E-state index contributed by atoms with van der Waals surface area (Å²) >= 11 is 0. The lowest BCUT2D eigenvalue weighted by Crippen LogP contribution is -2.42. The lowest BCUT2D eigenvalue weighted by atomic mass is 9.98. The molecule has 0 saturated carbocycles. The number of amides is 2. The van der Waals surface area contributed by atoms with Crippen molar-refractivity contribution in [2.75, 3.05) is 7.11 Å². The first kappa shape index (κ1) is 19.4. The Balaban J connectivity index is 2.03. The average Bonchev–Trinajstić information content (AvgIpc) is 2.62. The quantitative estimate of drug-likeness (QED) is 0.804. The summed E-state index contributed by atoms with van der Waals surface area (Å²) in [6.45, 7) is 3.77. The summed E-state index contributed by atoms with van der Waals surface area (Å²) < 4.78 is 31.3. The molecule has 2 rings (SSSR count). The molecule has 0 fully saturated rings. The van der Waals surface area contributed by atoms with Gasteiger partial charge in [0.2, 0.25) is 5.91 Å². The summed E-state index contributed by atoms with van der Waals surface area (Å²) in [6.07, 6.45) is 0.425. The maximum absolute atomic E-state index is 13.2. The van der Waals surface area contributed by atoms with Gasteiger partial charge in [0.25, 0.3) is 5.91 Å². The van der Waals surface area contributed by atoms with E-state index in [1.165, 1.54) is 6.07 Å². The first-order chi connectivity index (χ1) is 12.4. The van der Waals surface area contributed by atoms with E-state index in [1.807, 2.05) is 13.8 Å². The van der Waals surface area contributed by atoms with Crippen molar-refractivity contribution in [1.82, 2.24) is 10.9 Å². The van der Waals surface area contributed by atoms with Crippen LogP contribution in [-0.2, 0) is 17.6 Å². The average molecular weight is 362 g/mol. The van der Waals surface area contributed by atoms with E-state index >= 15 is 0 Å². The molecule has 0 radical (unpaired) electrons. The number of methoxy groups -OCH3 is 1.